The van der Waals surface area contributed by atoms with Crippen molar-refractivity contribution in [1.29, 1.82) is 0 Å². The van der Waals surface area contributed by atoms with Crippen molar-refractivity contribution in [3.8, 4) is 5.75 Å². The van der Waals surface area contributed by atoms with Crippen LogP contribution in [0.25, 0.3) is 0 Å². The van der Waals surface area contributed by atoms with E-state index in [4.69, 9.17) is 9.47 Å². The van der Waals surface area contributed by atoms with Crippen molar-refractivity contribution in [2.45, 2.75) is 29.7 Å². The fourth-order valence-electron chi connectivity index (χ4n) is 4.53. The molecule has 1 saturated carbocycles. The molecule has 166 valence electrons. The normalized spacial score (nSPS) is 24.2. The van der Waals surface area contributed by atoms with Crippen LogP contribution in [0.15, 0.2) is 59.5 Å². The Hall–Kier alpha value is -2.42. The predicted molar refractivity (Wildman–Crippen MR) is 116 cm³/mol. The molecule has 1 heterocycles. The number of ether oxygens (including phenoxy) is 2. The van der Waals surface area contributed by atoms with Gasteiger partial charge in [0.25, 0.3) is 0 Å². The Balaban J connectivity index is 1.57. The van der Waals surface area contributed by atoms with E-state index in [0.29, 0.717) is 39.1 Å². The monoisotopic (exact) mass is 444 g/mol. The second-order valence-corrected chi connectivity index (χ2v) is 9.74. The Labute approximate surface area is 183 Å². The van der Waals surface area contributed by atoms with E-state index in [0.717, 1.165) is 11.3 Å². The molecule has 2 aliphatic rings. The van der Waals surface area contributed by atoms with Crippen LogP contribution < -0.4 is 9.46 Å². The molecule has 2 fully saturated rings. The number of sulfonamides is 1. The van der Waals surface area contributed by atoms with Gasteiger partial charge in [-0.05, 0) is 48.6 Å². The van der Waals surface area contributed by atoms with E-state index in [2.05, 4.69) is 4.72 Å². The summed E-state index contributed by atoms with van der Waals surface area (Å²) in [5.41, 5.74) is 1.02. The van der Waals surface area contributed by atoms with E-state index in [9.17, 15) is 13.2 Å². The lowest BCUT2D eigenvalue weighted by Gasteiger charge is -2.31. The number of methoxy groups -OCH3 is 1. The Morgan fingerprint density at radius 2 is 1.71 bits per heavy atom. The number of nitrogens with zero attached hydrogens (tertiary/aromatic N) is 1. The van der Waals surface area contributed by atoms with Gasteiger partial charge in [-0.3, -0.25) is 4.79 Å². The lowest BCUT2D eigenvalue weighted by molar-refractivity contribution is -0.140. The van der Waals surface area contributed by atoms with Gasteiger partial charge in [0.1, 0.15) is 5.75 Å². The van der Waals surface area contributed by atoms with E-state index >= 15 is 0 Å². The fraction of sp³-hybridized carbons (Fsp3) is 0.435. The topological polar surface area (TPSA) is 84.9 Å². The molecule has 31 heavy (non-hydrogen) atoms. The highest BCUT2D eigenvalue weighted by Crippen LogP contribution is 2.42. The number of carbonyl (C=O) groups is 1. The standard InChI is InChI=1S/C23H28N2O5S/c1-29-19-9-7-17(8-10-19)21-15-18(24-31(27,28)20-5-3-2-4-6-20)16-22(21)23(26)25-11-13-30-14-12-25/h2-10,18,21-22,24H,11-16H2,1H3/t18-,21+,22-/m0/s1. The number of carbonyl (C=O) groups excluding carboxylic acids is 1. The molecule has 0 spiro atoms. The smallest absolute Gasteiger partial charge is 0.240 e. The summed E-state index contributed by atoms with van der Waals surface area (Å²) in [5.74, 6) is 0.476. The molecule has 0 bridgehead atoms. The molecular weight excluding hydrogens is 416 g/mol. The van der Waals surface area contributed by atoms with Gasteiger partial charge in [-0.15, -0.1) is 0 Å². The van der Waals surface area contributed by atoms with Crippen LogP contribution in [0.3, 0.4) is 0 Å². The Morgan fingerprint density at radius 3 is 2.35 bits per heavy atom. The van der Waals surface area contributed by atoms with Crippen molar-refractivity contribution in [2.24, 2.45) is 5.92 Å². The number of morpholine rings is 1. The second-order valence-electron chi connectivity index (χ2n) is 8.03. The molecule has 2 aromatic carbocycles. The minimum atomic E-state index is -3.65. The van der Waals surface area contributed by atoms with Crippen molar-refractivity contribution in [3.05, 3.63) is 60.2 Å². The molecule has 2 aromatic rings. The van der Waals surface area contributed by atoms with Gasteiger partial charge < -0.3 is 14.4 Å². The third-order valence-corrected chi connectivity index (χ3v) is 7.66. The van der Waals surface area contributed by atoms with E-state index in [-0.39, 0.29) is 28.7 Å². The van der Waals surface area contributed by atoms with Crippen LogP contribution in [0.4, 0.5) is 0 Å². The quantitative estimate of drug-likeness (QED) is 0.740. The number of hydrogen-bond acceptors (Lipinski definition) is 5. The first-order valence-corrected chi connectivity index (χ1v) is 12.0. The lowest BCUT2D eigenvalue weighted by Crippen LogP contribution is -2.44. The molecular formula is C23H28N2O5S. The third-order valence-electron chi connectivity index (χ3n) is 6.12. The fourth-order valence-corrected chi connectivity index (χ4v) is 5.81. The molecule has 0 radical (unpaired) electrons. The van der Waals surface area contributed by atoms with Crippen molar-refractivity contribution >= 4 is 15.9 Å². The SMILES string of the molecule is COc1ccc([C@H]2C[C@H](NS(=O)(=O)c3ccccc3)C[C@@H]2C(=O)N2CCOCC2)cc1. The summed E-state index contributed by atoms with van der Waals surface area (Å²) < 4.78 is 39.2. The summed E-state index contributed by atoms with van der Waals surface area (Å²) in [6.45, 7) is 2.22. The molecule has 7 nitrogen and oxygen atoms in total. The maximum atomic E-state index is 13.4. The zero-order valence-corrected chi connectivity index (χ0v) is 18.4. The van der Waals surface area contributed by atoms with E-state index in [1.54, 1.807) is 37.4 Å². The zero-order chi connectivity index (χ0) is 21.8. The first-order valence-electron chi connectivity index (χ1n) is 10.6. The number of rotatable bonds is 6. The maximum Gasteiger partial charge on any atom is 0.240 e. The molecule has 1 aliphatic heterocycles. The summed E-state index contributed by atoms with van der Waals surface area (Å²) in [5, 5.41) is 0. The van der Waals surface area contributed by atoms with Gasteiger partial charge in [-0.2, -0.15) is 0 Å². The molecule has 3 atom stereocenters. The van der Waals surface area contributed by atoms with Crippen molar-refractivity contribution in [2.75, 3.05) is 33.4 Å². The Morgan fingerprint density at radius 1 is 1.03 bits per heavy atom. The highest BCUT2D eigenvalue weighted by molar-refractivity contribution is 7.89. The molecule has 1 amide bonds. The maximum absolute atomic E-state index is 13.4. The highest BCUT2D eigenvalue weighted by Gasteiger charge is 2.42. The van der Waals surface area contributed by atoms with Crippen LogP contribution in [0.1, 0.15) is 24.3 Å². The van der Waals surface area contributed by atoms with E-state index < -0.39 is 10.0 Å². The van der Waals surface area contributed by atoms with Crippen LogP contribution in [0.5, 0.6) is 5.75 Å². The van der Waals surface area contributed by atoms with Gasteiger partial charge in [0.2, 0.25) is 15.9 Å². The van der Waals surface area contributed by atoms with Crippen molar-refractivity contribution in [3.63, 3.8) is 0 Å². The number of benzene rings is 2. The second kappa shape index (κ2) is 9.38. The van der Waals surface area contributed by atoms with E-state index in [1.807, 2.05) is 29.2 Å². The predicted octanol–water partition coefficient (Wildman–Crippen LogP) is 2.39. The minimum absolute atomic E-state index is 0.0651. The number of amides is 1. The first kappa shape index (κ1) is 21.8. The number of nitrogens with one attached hydrogen (secondary N) is 1. The zero-order valence-electron chi connectivity index (χ0n) is 17.6. The molecule has 4 rings (SSSR count). The van der Waals surface area contributed by atoms with Crippen LogP contribution >= 0.6 is 0 Å². The number of hydrogen-bond donors (Lipinski definition) is 1. The molecule has 0 unspecified atom stereocenters. The molecule has 1 saturated heterocycles. The summed E-state index contributed by atoms with van der Waals surface area (Å²) in [4.78, 5) is 15.4. The van der Waals surface area contributed by atoms with Gasteiger partial charge in [0, 0.05) is 25.0 Å². The van der Waals surface area contributed by atoms with Crippen molar-refractivity contribution in [1.82, 2.24) is 9.62 Å². The average Bonchev–Trinajstić information content (AvgIpc) is 3.22. The molecule has 1 aliphatic carbocycles. The van der Waals surface area contributed by atoms with Gasteiger partial charge >= 0.3 is 0 Å². The molecule has 8 heteroatoms. The third kappa shape index (κ3) is 4.92. The molecule has 0 aromatic heterocycles. The van der Waals surface area contributed by atoms with E-state index in [1.165, 1.54) is 0 Å². The molecule has 1 N–H and O–H groups in total. The largest absolute Gasteiger partial charge is 0.497 e. The van der Waals surface area contributed by atoms with Gasteiger partial charge in [0.15, 0.2) is 0 Å². The Bertz CT molecular complexity index is 988. The summed E-state index contributed by atoms with van der Waals surface area (Å²) >= 11 is 0. The highest BCUT2D eigenvalue weighted by atomic mass is 32.2. The summed E-state index contributed by atoms with van der Waals surface area (Å²) in [6, 6.07) is 15.7. The summed E-state index contributed by atoms with van der Waals surface area (Å²) in [6.07, 6.45) is 1.04. The van der Waals surface area contributed by atoms with Crippen LogP contribution in [-0.2, 0) is 19.6 Å². The van der Waals surface area contributed by atoms with Crippen LogP contribution in [-0.4, -0.2) is 58.7 Å². The van der Waals surface area contributed by atoms with Crippen molar-refractivity contribution < 1.29 is 22.7 Å². The Kier molecular flexibility index (Phi) is 6.60. The van der Waals surface area contributed by atoms with Gasteiger partial charge in [-0.1, -0.05) is 30.3 Å². The lowest BCUT2D eigenvalue weighted by atomic mass is 9.88. The summed E-state index contributed by atoms with van der Waals surface area (Å²) in [7, 11) is -2.03. The van der Waals surface area contributed by atoms with Gasteiger partial charge in [-0.25, -0.2) is 13.1 Å². The average molecular weight is 445 g/mol. The minimum Gasteiger partial charge on any atom is -0.497 e. The first-order chi connectivity index (χ1) is 15.0. The van der Waals surface area contributed by atoms with Crippen LogP contribution in [0.2, 0.25) is 0 Å². The van der Waals surface area contributed by atoms with Crippen LogP contribution in [0, 0.1) is 5.92 Å². The van der Waals surface area contributed by atoms with Gasteiger partial charge in [0.05, 0.1) is 25.2 Å².